The maximum absolute atomic E-state index is 13.0. The molecule has 0 amide bonds. The Kier molecular flexibility index (Phi) is 41.9. The van der Waals surface area contributed by atoms with Gasteiger partial charge in [0.2, 0.25) is 11.4 Å². The SMILES string of the molecule is CCCCCCCCCCCCCCCCC#CCCc1ccc(CCCCCC)cc1C1=C(CC)C(CCCCC)=C(c2cc(CCCCCC)ccc2CCC#CCCCCCCCCCCCCCCCC)[N+]1=[N-]. The van der Waals surface area contributed by atoms with Gasteiger partial charge in [-0.3, -0.25) is 0 Å². The number of rotatable bonds is 49. The minimum Gasteiger partial charge on any atom is -0.493 e. The molecule has 0 aliphatic carbocycles. The van der Waals surface area contributed by atoms with Crippen molar-refractivity contribution in [1.82, 2.24) is 0 Å². The first-order valence-electron chi connectivity index (χ1n) is 34.2. The molecule has 0 radical (unpaired) electrons. The van der Waals surface area contributed by atoms with Crippen LogP contribution in [0.3, 0.4) is 0 Å². The summed E-state index contributed by atoms with van der Waals surface area (Å²) in [5, 5.41) is 0. The van der Waals surface area contributed by atoms with Gasteiger partial charge in [-0.2, -0.15) is 0 Å². The average Bonchev–Trinajstić information content (AvgIpc) is 3.78. The molecule has 3 rings (SSSR count). The van der Waals surface area contributed by atoms with Gasteiger partial charge in [0, 0.05) is 48.0 Å². The highest BCUT2D eigenvalue weighted by Gasteiger charge is 2.36. The van der Waals surface area contributed by atoms with E-state index in [0.717, 1.165) is 82.0 Å². The monoisotopic (exact) mass is 1050 g/mol. The fourth-order valence-corrected chi connectivity index (χ4v) is 11.9. The van der Waals surface area contributed by atoms with Gasteiger partial charge >= 0.3 is 0 Å². The third-order valence-electron chi connectivity index (χ3n) is 16.8. The van der Waals surface area contributed by atoms with Crippen LogP contribution >= 0.6 is 0 Å². The Morgan fingerprint density at radius 1 is 0.299 bits per heavy atom. The summed E-state index contributed by atoms with van der Waals surface area (Å²) < 4.78 is 1.68. The van der Waals surface area contributed by atoms with E-state index in [9.17, 15) is 5.53 Å². The summed E-state index contributed by atoms with van der Waals surface area (Å²) in [5.74, 6) is 14.4. The first-order chi connectivity index (χ1) is 38.0. The number of unbranched alkanes of at least 4 members (excludes halogenated alkanes) is 36. The Morgan fingerprint density at radius 2 is 0.584 bits per heavy atom. The van der Waals surface area contributed by atoms with Crippen LogP contribution in [0.15, 0.2) is 47.5 Å². The summed E-state index contributed by atoms with van der Waals surface area (Å²) in [7, 11) is 0. The third-order valence-corrected chi connectivity index (χ3v) is 16.8. The number of hydrogen-bond acceptors (Lipinski definition) is 0. The van der Waals surface area contributed by atoms with Crippen LogP contribution in [-0.4, -0.2) is 4.70 Å². The van der Waals surface area contributed by atoms with Crippen LogP contribution < -0.4 is 0 Å². The summed E-state index contributed by atoms with van der Waals surface area (Å²) in [6.45, 7) is 13.8. The van der Waals surface area contributed by atoms with Gasteiger partial charge in [-0.05, 0) is 105 Å². The van der Waals surface area contributed by atoms with Crippen molar-refractivity contribution in [3.8, 4) is 23.7 Å². The van der Waals surface area contributed by atoms with Crippen molar-refractivity contribution in [1.29, 1.82) is 0 Å². The van der Waals surface area contributed by atoms with E-state index in [1.165, 1.54) is 289 Å². The van der Waals surface area contributed by atoms with Gasteiger partial charge in [-0.1, -0.05) is 284 Å². The predicted molar refractivity (Wildman–Crippen MR) is 343 cm³/mol. The van der Waals surface area contributed by atoms with Crippen molar-refractivity contribution < 1.29 is 4.70 Å². The first kappa shape index (κ1) is 67.9. The van der Waals surface area contributed by atoms with E-state index >= 15 is 0 Å². The van der Waals surface area contributed by atoms with Crippen molar-refractivity contribution in [2.24, 2.45) is 0 Å². The van der Waals surface area contributed by atoms with Gasteiger partial charge in [0.05, 0.1) is 0 Å². The van der Waals surface area contributed by atoms with Gasteiger partial charge in [0.15, 0.2) is 0 Å². The molecule has 0 spiro atoms. The first-order valence-corrected chi connectivity index (χ1v) is 34.2. The average molecular weight is 1050 g/mol. The van der Waals surface area contributed by atoms with E-state index in [1.807, 2.05) is 0 Å². The van der Waals surface area contributed by atoms with Crippen LogP contribution in [0.2, 0.25) is 0 Å². The Morgan fingerprint density at radius 3 is 0.935 bits per heavy atom. The second-order valence-electron chi connectivity index (χ2n) is 23.8. The van der Waals surface area contributed by atoms with Gasteiger partial charge in [-0.15, -0.1) is 23.7 Å². The molecular formula is C75H122N2. The van der Waals surface area contributed by atoms with Gasteiger partial charge < -0.3 is 5.53 Å². The summed E-state index contributed by atoms with van der Waals surface area (Å²) in [5.41, 5.74) is 25.7. The highest BCUT2D eigenvalue weighted by Crippen LogP contribution is 2.46. The molecule has 2 heteroatoms. The molecule has 432 valence electrons. The minimum absolute atomic E-state index is 0.857. The molecule has 0 saturated carbocycles. The standard InChI is InChI=1S/C75H122N2/c1-7-13-18-22-24-26-28-30-32-34-36-38-40-42-44-46-48-53-57-68-62-60-66(55-51-20-15-9-3)64-72(68)74-70(12-6)71(59-50-17-11-5)75(77(74)76)73-65-67(56-52-21-16-10-4)61-63-69(73)58-54-49-47-45-43-41-39-37-35-33-31-29-27-25-23-19-14-8-2/h60-65H,7-45,50-59H2,1-6H3. The van der Waals surface area contributed by atoms with Crippen LogP contribution in [0.1, 0.15) is 364 Å². The molecule has 0 unspecified atom stereocenters. The Balaban J connectivity index is 1.74. The van der Waals surface area contributed by atoms with E-state index in [1.54, 1.807) is 4.70 Å². The highest BCUT2D eigenvalue weighted by atomic mass is 15.2. The second-order valence-corrected chi connectivity index (χ2v) is 23.8. The molecule has 1 aliphatic rings. The van der Waals surface area contributed by atoms with Gasteiger partial charge in [0.1, 0.15) is 0 Å². The van der Waals surface area contributed by atoms with E-state index in [2.05, 4.69) is 102 Å². The normalized spacial score (nSPS) is 12.5. The zero-order valence-corrected chi connectivity index (χ0v) is 52.0. The Labute approximate surface area is 480 Å². The third kappa shape index (κ3) is 30.2. The topological polar surface area (TPSA) is 25.3 Å². The van der Waals surface area contributed by atoms with E-state index in [4.69, 9.17) is 0 Å². The fraction of sp³-hybridized carbons (Fsp3) is 0.733. The second kappa shape index (κ2) is 47.4. The van der Waals surface area contributed by atoms with Crippen LogP contribution in [0.25, 0.3) is 16.9 Å². The van der Waals surface area contributed by atoms with Crippen molar-refractivity contribution in [3.63, 3.8) is 0 Å². The molecule has 0 atom stereocenters. The zero-order valence-electron chi connectivity index (χ0n) is 52.0. The zero-order chi connectivity index (χ0) is 55.1. The van der Waals surface area contributed by atoms with Crippen LogP contribution in [0.5, 0.6) is 0 Å². The summed E-state index contributed by atoms with van der Waals surface area (Å²) in [4.78, 5) is 0. The van der Waals surface area contributed by atoms with Gasteiger partial charge in [0.25, 0.3) is 0 Å². The lowest BCUT2D eigenvalue weighted by Gasteiger charge is -2.17. The maximum atomic E-state index is 13.0. The molecule has 0 aromatic heterocycles. The van der Waals surface area contributed by atoms with E-state index < -0.39 is 0 Å². The molecule has 0 fully saturated rings. The van der Waals surface area contributed by atoms with Crippen LogP contribution in [-0.2, 0) is 25.7 Å². The lowest BCUT2D eigenvalue weighted by molar-refractivity contribution is -0.345. The van der Waals surface area contributed by atoms with Crippen molar-refractivity contribution in [2.75, 3.05) is 0 Å². The summed E-state index contributed by atoms with van der Waals surface area (Å²) in [6, 6.07) is 14.5. The van der Waals surface area contributed by atoms with E-state index in [-0.39, 0.29) is 0 Å². The quantitative estimate of drug-likeness (QED) is 0.0359. The Bertz CT molecular complexity index is 2000. The molecule has 1 heterocycles. The predicted octanol–water partition coefficient (Wildman–Crippen LogP) is 24.7. The molecule has 2 nitrogen and oxygen atoms in total. The molecule has 77 heavy (non-hydrogen) atoms. The lowest BCUT2D eigenvalue weighted by atomic mass is 9.89. The Hall–Kier alpha value is -3.36. The number of hydrogen-bond donors (Lipinski definition) is 0. The molecule has 2 aromatic rings. The van der Waals surface area contributed by atoms with Crippen molar-refractivity contribution >= 4 is 11.4 Å². The maximum Gasteiger partial charge on any atom is 0.211 e. The largest absolute Gasteiger partial charge is 0.493 e. The molecular weight excluding hydrogens is 929 g/mol. The molecule has 0 saturated heterocycles. The van der Waals surface area contributed by atoms with Crippen molar-refractivity contribution in [3.05, 3.63) is 86.5 Å². The number of allylic oxidation sites excluding steroid dienone is 2. The number of benzene rings is 2. The number of aryl methyl sites for hydroxylation is 4. The molecule has 0 bridgehead atoms. The smallest absolute Gasteiger partial charge is 0.211 e. The van der Waals surface area contributed by atoms with Crippen molar-refractivity contribution in [2.45, 2.75) is 356 Å². The summed E-state index contributed by atoms with van der Waals surface area (Å²) in [6.07, 6.45) is 62.1. The summed E-state index contributed by atoms with van der Waals surface area (Å²) >= 11 is 0. The van der Waals surface area contributed by atoms with Crippen LogP contribution in [0.4, 0.5) is 0 Å². The molecule has 1 aliphatic heterocycles. The lowest BCUT2D eigenvalue weighted by Crippen LogP contribution is -2.08. The highest BCUT2D eigenvalue weighted by molar-refractivity contribution is 5.84. The molecule has 0 N–H and O–H groups in total. The molecule has 2 aromatic carbocycles. The van der Waals surface area contributed by atoms with Crippen LogP contribution in [0, 0.1) is 23.7 Å². The fourth-order valence-electron chi connectivity index (χ4n) is 11.9. The van der Waals surface area contributed by atoms with Gasteiger partial charge in [-0.25, -0.2) is 4.70 Å². The van der Waals surface area contributed by atoms with E-state index in [0.29, 0.717) is 0 Å². The number of nitrogens with zero attached hydrogens (tertiary/aromatic N) is 2. The minimum atomic E-state index is 0.857.